The van der Waals surface area contributed by atoms with E-state index in [1.54, 1.807) is 13.8 Å². The van der Waals surface area contributed by atoms with Crippen molar-refractivity contribution in [3.63, 3.8) is 0 Å². The molecule has 2 unspecified atom stereocenters. The first-order valence-electron chi connectivity index (χ1n) is 5.58. The molecule has 0 saturated carbocycles. The van der Waals surface area contributed by atoms with Crippen molar-refractivity contribution in [1.29, 1.82) is 0 Å². The van der Waals surface area contributed by atoms with E-state index < -0.39 is 15.9 Å². The third-order valence-corrected chi connectivity index (χ3v) is 4.16. The van der Waals surface area contributed by atoms with E-state index in [-0.39, 0.29) is 23.5 Å². The molecular formula is C10H22N2O3S. The minimum absolute atomic E-state index is 0.0336. The van der Waals surface area contributed by atoms with Crippen molar-refractivity contribution in [3.05, 3.63) is 0 Å². The van der Waals surface area contributed by atoms with Crippen LogP contribution in [0.1, 0.15) is 33.6 Å². The molecule has 0 aromatic carbocycles. The number of hydrogen-bond donors (Lipinski definition) is 2. The number of hydrogen-bond acceptors (Lipinski definition) is 4. The summed E-state index contributed by atoms with van der Waals surface area (Å²) < 4.78 is 22.6. The van der Waals surface area contributed by atoms with Crippen LogP contribution in [-0.2, 0) is 14.6 Å². The predicted octanol–water partition coefficient (Wildman–Crippen LogP) is 0.0532. The highest BCUT2D eigenvalue weighted by Crippen LogP contribution is 1.97. The fraction of sp³-hybridized carbons (Fsp3) is 0.900. The summed E-state index contributed by atoms with van der Waals surface area (Å²) in [5.41, 5.74) is 5.61. The highest BCUT2D eigenvalue weighted by Gasteiger charge is 2.18. The van der Waals surface area contributed by atoms with Crippen LogP contribution in [0.3, 0.4) is 0 Å². The maximum Gasteiger partial charge on any atom is 0.237 e. The molecule has 0 bridgehead atoms. The second-order valence-corrected chi connectivity index (χ2v) is 6.40. The molecule has 96 valence electrons. The Labute approximate surface area is 97.7 Å². The molecule has 0 saturated heterocycles. The van der Waals surface area contributed by atoms with Gasteiger partial charge in [-0.25, -0.2) is 8.42 Å². The predicted molar refractivity (Wildman–Crippen MR) is 64.8 cm³/mol. The largest absolute Gasteiger partial charge is 0.351 e. The van der Waals surface area contributed by atoms with Gasteiger partial charge in [-0.2, -0.15) is 0 Å². The quantitative estimate of drug-likeness (QED) is 0.668. The van der Waals surface area contributed by atoms with Crippen LogP contribution in [0, 0.1) is 0 Å². The second kappa shape index (κ2) is 6.85. The van der Waals surface area contributed by atoms with Gasteiger partial charge in [0.05, 0.1) is 11.8 Å². The first-order chi connectivity index (χ1) is 7.32. The van der Waals surface area contributed by atoms with Crippen LogP contribution in [0.5, 0.6) is 0 Å². The normalized spacial score (nSPS) is 15.5. The summed E-state index contributed by atoms with van der Waals surface area (Å²) in [5, 5.41) is 2.61. The van der Waals surface area contributed by atoms with Crippen LogP contribution in [0.25, 0.3) is 0 Å². The summed E-state index contributed by atoms with van der Waals surface area (Å²) in [6.07, 6.45) is 1.44. The molecule has 6 heteroatoms. The van der Waals surface area contributed by atoms with Crippen LogP contribution < -0.4 is 11.1 Å². The fourth-order valence-electron chi connectivity index (χ4n) is 1.33. The highest BCUT2D eigenvalue weighted by atomic mass is 32.2. The van der Waals surface area contributed by atoms with Crippen molar-refractivity contribution >= 4 is 15.7 Å². The van der Waals surface area contributed by atoms with Gasteiger partial charge in [0.1, 0.15) is 0 Å². The van der Waals surface area contributed by atoms with Crippen molar-refractivity contribution in [2.45, 2.75) is 45.7 Å². The van der Waals surface area contributed by atoms with E-state index in [1.165, 1.54) is 0 Å². The Hall–Kier alpha value is -0.620. The van der Waals surface area contributed by atoms with Crippen LogP contribution in [0.4, 0.5) is 0 Å². The molecule has 1 amide bonds. The number of nitrogens with two attached hydrogens (primary N) is 1. The summed E-state index contributed by atoms with van der Waals surface area (Å²) in [4.78, 5) is 11.5. The number of sulfone groups is 1. The van der Waals surface area contributed by atoms with Gasteiger partial charge in [-0.1, -0.05) is 20.3 Å². The van der Waals surface area contributed by atoms with Crippen molar-refractivity contribution < 1.29 is 13.2 Å². The van der Waals surface area contributed by atoms with Crippen LogP contribution in [0.15, 0.2) is 0 Å². The van der Waals surface area contributed by atoms with E-state index in [4.69, 9.17) is 5.73 Å². The van der Waals surface area contributed by atoms with Gasteiger partial charge in [-0.05, 0) is 13.3 Å². The Bertz CT molecular complexity index is 314. The summed E-state index contributed by atoms with van der Waals surface area (Å²) >= 11 is 0. The zero-order chi connectivity index (χ0) is 12.8. The van der Waals surface area contributed by atoms with E-state index >= 15 is 0 Å². The zero-order valence-electron chi connectivity index (χ0n) is 10.2. The van der Waals surface area contributed by atoms with Gasteiger partial charge in [0.25, 0.3) is 0 Å². The van der Waals surface area contributed by atoms with Gasteiger partial charge in [0.2, 0.25) is 5.91 Å². The van der Waals surface area contributed by atoms with E-state index in [1.807, 2.05) is 6.92 Å². The van der Waals surface area contributed by atoms with Crippen LogP contribution in [0.2, 0.25) is 0 Å². The lowest BCUT2D eigenvalue weighted by Gasteiger charge is -2.16. The maximum atomic E-state index is 11.5. The van der Waals surface area contributed by atoms with E-state index in [0.717, 1.165) is 6.42 Å². The first kappa shape index (κ1) is 15.4. The molecule has 5 nitrogen and oxygen atoms in total. The molecule has 0 aromatic rings. The third-order valence-electron chi connectivity index (χ3n) is 2.27. The molecule has 0 radical (unpaired) electrons. The van der Waals surface area contributed by atoms with Crippen molar-refractivity contribution in [3.8, 4) is 0 Å². The van der Waals surface area contributed by atoms with E-state index in [0.29, 0.717) is 6.42 Å². The Kier molecular flexibility index (Phi) is 6.59. The van der Waals surface area contributed by atoms with Gasteiger partial charge >= 0.3 is 0 Å². The van der Waals surface area contributed by atoms with Gasteiger partial charge in [-0.3, -0.25) is 4.79 Å². The molecule has 0 aliphatic carbocycles. The third kappa shape index (κ3) is 6.07. The first-order valence-corrected chi connectivity index (χ1v) is 7.40. The summed E-state index contributed by atoms with van der Waals surface area (Å²) in [5.74, 6) is -0.219. The van der Waals surface area contributed by atoms with Crippen molar-refractivity contribution in [2.75, 3.05) is 11.5 Å². The van der Waals surface area contributed by atoms with Gasteiger partial charge in [-0.15, -0.1) is 0 Å². The van der Waals surface area contributed by atoms with Crippen molar-refractivity contribution in [1.82, 2.24) is 5.32 Å². The molecule has 0 aromatic heterocycles. The Morgan fingerprint density at radius 1 is 1.38 bits per heavy atom. The lowest BCUT2D eigenvalue weighted by molar-refractivity contribution is -0.122. The number of nitrogens with one attached hydrogen (secondary N) is 1. The molecule has 0 heterocycles. The smallest absolute Gasteiger partial charge is 0.237 e. The summed E-state index contributed by atoms with van der Waals surface area (Å²) in [6, 6.07) is -0.933. The average Bonchev–Trinajstić information content (AvgIpc) is 2.17. The monoisotopic (exact) mass is 250 g/mol. The minimum Gasteiger partial charge on any atom is -0.351 e. The van der Waals surface area contributed by atoms with Crippen LogP contribution >= 0.6 is 0 Å². The van der Waals surface area contributed by atoms with Crippen LogP contribution in [-0.4, -0.2) is 37.9 Å². The highest BCUT2D eigenvalue weighted by molar-refractivity contribution is 7.91. The van der Waals surface area contributed by atoms with E-state index in [2.05, 4.69) is 5.32 Å². The van der Waals surface area contributed by atoms with Gasteiger partial charge < -0.3 is 11.1 Å². The number of carbonyl (C=O) groups is 1. The molecule has 0 spiro atoms. The number of rotatable bonds is 7. The molecule has 0 aliphatic rings. The lowest BCUT2D eigenvalue weighted by atomic mass is 10.1. The van der Waals surface area contributed by atoms with Crippen molar-refractivity contribution in [2.24, 2.45) is 5.73 Å². The van der Waals surface area contributed by atoms with Gasteiger partial charge in [0.15, 0.2) is 9.84 Å². The Morgan fingerprint density at radius 2 is 1.94 bits per heavy atom. The molecule has 16 heavy (non-hydrogen) atoms. The van der Waals surface area contributed by atoms with Gasteiger partial charge in [0, 0.05) is 11.8 Å². The second-order valence-electron chi connectivity index (χ2n) is 4.00. The standard InChI is InChI=1S/C10H22N2O3S/c1-4-6-9(11)10(13)12-8(3)7-16(14,15)5-2/h8-9H,4-7,11H2,1-3H3,(H,12,13). The Balaban J connectivity index is 4.15. The average molecular weight is 250 g/mol. The lowest BCUT2D eigenvalue weighted by Crippen LogP contribution is -2.46. The molecule has 0 rings (SSSR count). The number of amides is 1. The Morgan fingerprint density at radius 3 is 2.38 bits per heavy atom. The minimum atomic E-state index is -3.06. The fourth-order valence-corrected chi connectivity index (χ4v) is 2.41. The summed E-state index contributed by atoms with van der Waals surface area (Å²) in [7, 11) is -3.06. The SMILES string of the molecule is CCCC(N)C(=O)NC(C)CS(=O)(=O)CC. The van der Waals surface area contributed by atoms with E-state index in [9.17, 15) is 13.2 Å². The molecule has 0 fully saturated rings. The topological polar surface area (TPSA) is 89.3 Å². The number of carbonyl (C=O) groups excluding carboxylic acids is 1. The molecule has 2 atom stereocenters. The molecule has 0 aliphatic heterocycles. The zero-order valence-corrected chi connectivity index (χ0v) is 11.0. The molecular weight excluding hydrogens is 228 g/mol. The molecule has 3 N–H and O–H groups in total. The maximum absolute atomic E-state index is 11.5. The summed E-state index contributed by atoms with van der Waals surface area (Å²) in [6.45, 7) is 5.20.